The molecule has 0 aliphatic carbocycles. The van der Waals surface area contributed by atoms with Crippen molar-refractivity contribution in [1.82, 2.24) is 25.1 Å². The standard InChI is InChI=1S/C21H32N6O3S/c1-4-19(28)27-9-8-26(12-16(27)14-31(3)29)20-17-10-22-11-18(17)23-21(24-20)30-13-15-6-5-7-25(15)2/h4,15-16,22H,1,5-14H2,2-3H3/t15-,16+,31?/m0/s1. The zero-order valence-corrected chi connectivity index (χ0v) is 19.2. The first kappa shape index (κ1) is 22.3. The van der Waals surface area contributed by atoms with Crippen LogP contribution in [0.4, 0.5) is 5.82 Å². The van der Waals surface area contributed by atoms with Crippen LogP contribution in [-0.4, -0.2) is 94.2 Å². The molecule has 10 heteroatoms. The maximum atomic E-state index is 12.3. The molecular formula is C21H32N6O3S. The number of nitrogens with one attached hydrogen (secondary N) is 1. The number of nitrogens with zero attached hydrogens (tertiary/aromatic N) is 5. The van der Waals surface area contributed by atoms with E-state index in [2.05, 4.69) is 33.7 Å². The van der Waals surface area contributed by atoms with Crippen molar-refractivity contribution in [2.24, 2.45) is 0 Å². The minimum absolute atomic E-state index is 0.116. The maximum absolute atomic E-state index is 12.3. The number of hydrogen-bond acceptors (Lipinski definition) is 8. The van der Waals surface area contributed by atoms with Crippen LogP contribution in [0.1, 0.15) is 24.1 Å². The van der Waals surface area contributed by atoms with Crippen LogP contribution in [0.25, 0.3) is 0 Å². The molecule has 1 aromatic heterocycles. The smallest absolute Gasteiger partial charge is 0.318 e. The van der Waals surface area contributed by atoms with E-state index in [1.165, 1.54) is 12.5 Å². The molecule has 0 radical (unpaired) electrons. The van der Waals surface area contributed by atoms with Gasteiger partial charge >= 0.3 is 6.01 Å². The van der Waals surface area contributed by atoms with Crippen molar-refractivity contribution in [2.45, 2.75) is 38.0 Å². The van der Waals surface area contributed by atoms with Gasteiger partial charge < -0.3 is 29.3 Å². The van der Waals surface area contributed by atoms with E-state index in [-0.39, 0.29) is 11.9 Å². The van der Waals surface area contributed by atoms with E-state index in [4.69, 9.17) is 9.72 Å². The highest BCUT2D eigenvalue weighted by Gasteiger charge is 2.34. The third-order valence-electron chi connectivity index (χ3n) is 6.39. The summed E-state index contributed by atoms with van der Waals surface area (Å²) in [4.78, 5) is 28.0. The first-order chi connectivity index (χ1) is 15.0. The van der Waals surface area contributed by atoms with Gasteiger partial charge in [0.15, 0.2) is 0 Å². The molecule has 3 aliphatic rings. The van der Waals surface area contributed by atoms with E-state index in [1.54, 1.807) is 11.2 Å². The van der Waals surface area contributed by atoms with E-state index < -0.39 is 11.2 Å². The molecule has 0 aromatic carbocycles. The quantitative estimate of drug-likeness (QED) is 0.465. The summed E-state index contributed by atoms with van der Waals surface area (Å²) in [6.45, 7) is 8.48. The Morgan fingerprint density at radius 2 is 2.16 bits per heavy atom. The maximum Gasteiger partial charge on any atom is 0.318 e. The summed E-state index contributed by atoms with van der Waals surface area (Å²) in [6, 6.07) is 0.662. The Morgan fingerprint density at radius 3 is 2.87 bits per heavy atom. The zero-order chi connectivity index (χ0) is 22.0. The molecule has 4 heterocycles. The van der Waals surface area contributed by atoms with Gasteiger partial charge in [0.1, 0.15) is 18.2 Å². The molecule has 0 spiro atoms. The lowest BCUT2D eigenvalue weighted by Crippen LogP contribution is -2.57. The normalized spacial score (nSPS) is 24.9. The molecule has 3 atom stereocenters. The van der Waals surface area contributed by atoms with E-state index in [1.807, 2.05) is 0 Å². The molecule has 1 unspecified atom stereocenters. The number of carbonyl (C=O) groups is 1. The van der Waals surface area contributed by atoms with Crippen molar-refractivity contribution in [2.75, 3.05) is 56.7 Å². The monoisotopic (exact) mass is 448 g/mol. The van der Waals surface area contributed by atoms with E-state index in [9.17, 15) is 9.35 Å². The van der Waals surface area contributed by atoms with Crippen molar-refractivity contribution in [3.8, 4) is 6.01 Å². The van der Waals surface area contributed by atoms with Gasteiger partial charge in [-0.25, -0.2) is 0 Å². The second-order valence-electron chi connectivity index (χ2n) is 8.52. The highest BCUT2D eigenvalue weighted by atomic mass is 32.2. The van der Waals surface area contributed by atoms with E-state index >= 15 is 0 Å². The number of likely N-dealkylation sites (tertiary alicyclic amines) is 1. The largest absolute Gasteiger partial charge is 0.616 e. The van der Waals surface area contributed by atoms with E-state index in [0.717, 1.165) is 30.0 Å². The van der Waals surface area contributed by atoms with Gasteiger partial charge in [0.2, 0.25) is 5.91 Å². The lowest BCUT2D eigenvalue weighted by molar-refractivity contribution is -0.128. The highest BCUT2D eigenvalue weighted by molar-refractivity contribution is 7.90. The zero-order valence-electron chi connectivity index (χ0n) is 18.4. The molecule has 2 fully saturated rings. The van der Waals surface area contributed by atoms with Crippen LogP contribution in [0.5, 0.6) is 6.01 Å². The molecule has 1 amide bonds. The summed E-state index contributed by atoms with van der Waals surface area (Å²) in [5.41, 5.74) is 2.06. The highest BCUT2D eigenvalue weighted by Crippen LogP contribution is 2.29. The van der Waals surface area contributed by atoms with Crippen molar-refractivity contribution < 1.29 is 14.1 Å². The third-order valence-corrected chi connectivity index (χ3v) is 7.24. The number of carbonyl (C=O) groups excluding carboxylic acids is 1. The van der Waals surface area contributed by atoms with Gasteiger partial charge in [-0.05, 0) is 32.5 Å². The second kappa shape index (κ2) is 9.72. The number of piperazine rings is 1. The number of amides is 1. The number of rotatable bonds is 7. The molecule has 31 heavy (non-hydrogen) atoms. The van der Waals surface area contributed by atoms with Gasteiger partial charge in [0.25, 0.3) is 0 Å². The van der Waals surface area contributed by atoms with Gasteiger partial charge in [-0.15, -0.1) is 0 Å². The van der Waals surface area contributed by atoms with Gasteiger partial charge in [0.05, 0.1) is 18.0 Å². The SMILES string of the molecule is C=CC(=O)N1CCN(c2nc(OC[C@@H]3CCCN3C)nc3c2CNC3)C[C@@H]1C[S+](C)[O-]. The minimum atomic E-state index is -1.01. The average Bonchev–Trinajstić information content (AvgIpc) is 3.39. The molecule has 3 aliphatic heterocycles. The number of likely N-dealkylation sites (N-methyl/N-ethyl adjacent to an activating group) is 1. The molecular weight excluding hydrogens is 416 g/mol. The molecule has 1 N–H and O–H groups in total. The number of anilines is 1. The topological polar surface area (TPSA) is 96.9 Å². The van der Waals surface area contributed by atoms with Gasteiger partial charge in [0, 0.05) is 44.3 Å². The summed E-state index contributed by atoms with van der Waals surface area (Å²) in [7, 11) is 2.13. The number of fused-ring (bicyclic) bond motifs is 1. The van der Waals surface area contributed by atoms with Crippen molar-refractivity contribution >= 4 is 22.9 Å². The van der Waals surface area contributed by atoms with Gasteiger partial charge in [-0.1, -0.05) is 17.8 Å². The minimum Gasteiger partial charge on any atom is -0.616 e. The van der Waals surface area contributed by atoms with Crippen LogP contribution in [0.2, 0.25) is 0 Å². The Labute approximate surface area is 187 Å². The Bertz CT molecular complexity index is 823. The predicted octanol–water partition coefficient (Wildman–Crippen LogP) is 0.135. The summed E-state index contributed by atoms with van der Waals surface area (Å²) in [6.07, 6.45) is 5.33. The number of ether oxygens (including phenoxy) is 1. The van der Waals surface area contributed by atoms with E-state index in [0.29, 0.717) is 57.1 Å². The fourth-order valence-electron chi connectivity index (χ4n) is 4.68. The van der Waals surface area contributed by atoms with Crippen molar-refractivity contribution in [3.63, 3.8) is 0 Å². The van der Waals surface area contributed by atoms with Crippen molar-refractivity contribution in [1.29, 1.82) is 0 Å². The molecule has 0 bridgehead atoms. The predicted molar refractivity (Wildman–Crippen MR) is 121 cm³/mol. The van der Waals surface area contributed by atoms with Crippen LogP contribution in [-0.2, 0) is 29.1 Å². The molecule has 0 saturated carbocycles. The Kier molecular flexibility index (Phi) is 7.00. The Balaban J connectivity index is 1.54. The number of aromatic nitrogens is 2. The fraction of sp³-hybridized carbons (Fsp3) is 0.667. The number of hydrogen-bond donors (Lipinski definition) is 1. The summed E-state index contributed by atoms with van der Waals surface area (Å²) < 4.78 is 18.0. The molecule has 2 saturated heterocycles. The van der Waals surface area contributed by atoms with Crippen molar-refractivity contribution in [3.05, 3.63) is 23.9 Å². The first-order valence-corrected chi connectivity index (χ1v) is 12.6. The van der Waals surface area contributed by atoms with Crippen LogP contribution in [0, 0.1) is 0 Å². The van der Waals surface area contributed by atoms with Crippen LogP contribution >= 0.6 is 0 Å². The molecule has 9 nitrogen and oxygen atoms in total. The van der Waals surface area contributed by atoms with Gasteiger partial charge in [-0.2, -0.15) is 9.97 Å². The Hall–Kier alpha value is -1.88. The lowest BCUT2D eigenvalue weighted by atomic mass is 10.1. The lowest BCUT2D eigenvalue weighted by Gasteiger charge is -2.41. The first-order valence-electron chi connectivity index (χ1n) is 10.9. The van der Waals surface area contributed by atoms with Crippen LogP contribution < -0.4 is 15.0 Å². The molecule has 1 aromatic rings. The van der Waals surface area contributed by atoms with Gasteiger partial charge in [-0.3, -0.25) is 4.79 Å². The third kappa shape index (κ3) is 4.97. The fourth-order valence-corrected chi connectivity index (χ4v) is 5.51. The average molecular weight is 449 g/mol. The summed E-state index contributed by atoms with van der Waals surface area (Å²) in [5, 5.41) is 3.36. The van der Waals surface area contributed by atoms with Crippen LogP contribution in [0.15, 0.2) is 12.7 Å². The summed E-state index contributed by atoms with van der Waals surface area (Å²) in [5.74, 6) is 1.18. The summed E-state index contributed by atoms with van der Waals surface area (Å²) >= 11 is -1.01. The Morgan fingerprint density at radius 1 is 1.32 bits per heavy atom. The van der Waals surface area contributed by atoms with Crippen LogP contribution in [0.3, 0.4) is 0 Å². The molecule has 170 valence electrons. The molecule has 4 rings (SSSR count). The second-order valence-corrected chi connectivity index (χ2v) is 10.0.